The molecule has 10 heteroatoms. The number of hydrogen-bond acceptors (Lipinski definition) is 3. The first-order chi connectivity index (χ1) is 12.6. The van der Waals surface area contributed by atoms with Gasteiger partial charge >= 0.3 is 6.18 Å². The van der Waals surface area contributed by atoms with E-state index in [0.717, 1.165) is 18.3 Å². The lowest BCUT2D eigenvalue weighted by molar-refractivity contribution is -0.137. The fourth-order valence-electron chi connectivity index (χ4n) is 1.91. The number of amides is 1. The number of carbonyl (C=O) groups excluding carboxylic acids is 1. The number of anilines is 2. The van der Waals surface area contributed by atoms with Crippen molar-refractivity contribution in [2.45, 2.75) is 6.18 Å². The smallest absolute Gasteiger partial charge is 0.360 e. The third-order valence-electron chi connectivity index (χ3n) is 3.20. The summed E-state index contributed by atoms with van der Waals surface area (Å²) in [5.74, 6) is -0.784. The second-order valence-corrected chi connectivity index (χ2v) is 6.31. The number of benzene rings is 2. The largest absolute Gasteiger partial charge is 0.417 e. The van der Waals surface area contributed by atoms with Gasteiger partial charge in [-0.3, -0.25) is 4.79 Å². The van der Waals surface area contributed by atoms with E-state index in [4.69, 9.17) is 40.1 Å². The van der Waals surface area contributed by atoms with Crippen molar-refractivity contribution in [2.75, 3.05) is 10.6 Å². The number of rotatable bonds is 4. The van der Waals surface area contributed by atoms with E-state index in [9.17, 15) is 18.0 Å². The summed E-state index contributed by atoms with van der Waals surface area (Å²) in [5, 5.41) is 14.0. The van der Waals surface area contributed by atoms with Crippen LogP contribution in [0.5, 0.6) is 0 Å². The summed E-state index contributed by atoms with van der Waals surface area (Å²) in [6.07, 6.45) is -3.65. The van der Waals surface area contributed by atoms with Crippen LogP contribution in [-0.4, -0.2) is 5.91 Å². The number of alkyl halides is 3. The highest BCUT2D eigenvalue weighted by molar-refractivity contribution is 6.42. The quantitative estimate of drug-likeness (QED) is 0.450. The van der Waals surface area contributed by atoms with E-state index < -0.39 is 22.7 Å². The molecule has 0 saturated heterocycles. The molecule has 27 heavy (non-hydrogen) atoms. The lowest BCUT2D eigenvalue weighted by Gasteiger charge is -2.11. The first-order valence-corrected chi connectivity index (χ1v) is 8.25. The third-order valence-corrected chi connectivity index (χ3v) is 4.27. The maximum atomic E-state index is 12.9. The van der Waals surface area contributed by atoms with Gasteiger partial charge in [-0.05, 0) is 36.4 Å². The Labute approximate surface area is 167 Å². The van der Waals surface area contributed by atoms with Crippen LogP contribution in [-0.2, 0) is 11.0 Å². The van der Waals surface area contributed by atoms with Gasteiger partial charge in [0, 0.05) is 17.6 Å². The molecule has 2 aromatic rings. The Hall–Kier alpha value is -2.40. The molecule has 0 heterocycles. The van der Waals surface area contributed by atoms with E-state index >= 15 is 0 Å². The second kappa shape index (κ2) is 8.53. The summed E-state index contributed by atoms with van der Waals surface area (Å²) < 4.78 is 38.6. The van der Waals surface area contributed by atoms with Gasteiger partial charge in [-0.15, -0.1) is 0 Å². The SMILES string of the molecule is N#C/C(=C/Nc1ccc(Cl)c(C(F)(F)F)c1)C(=O)Nc1ccc(Cl)c(Cl)c1. The molecular formula is C17H9Cl3F3N3O. The van der Waals surface area contributed by atoms with Crippen LogP contribution >= 0.6 is 34.8 Å². The van der Waals surface area contributed by atoms with Crippen LogP contribution in [0.4, 0.5) is 24.5 Å². The lowest BCUT2D eigenvalue weighted by atomic mass is 10.2. The zero-order valence-electron chi connectivity index (χ0n) is 13.2. The molecular weight excluding hydrogens is 426 g/mol. The average molecular weight is 435 g/mol. The van der Waals surface area contributed by atoms with E-state index in [1.54, 1.807) is 6.07 Å². The van der Waals surface area contributed by atoms with Crippen molar-refractivity contribution in [1.29, 1.82) is 5.26 Å². The normalized spacial score (nSPS) is 11.7. The minimum atomic E-state index is -4.64. The Kier molecular flexibility index (Phi) is 6.60. The predicted octanol–water partition coefficient (Wildman–Crippen LogP) is 6.12. The van der Waals surface area contributed by atoms with Crippen molar-refractivity contribution >= 4 is 52.1 Å². The Morgan fingerprint density at radius 2 is 1.63 bits per heavy atom. The minimum absolute atomic E-state index is 0.00168. The van der Waals surface area contributed by atoms with Gasteiger partial charge in [0.2, 0.25) is 0 Å². The predicted molar refractivity (Wildman–Crippen MR) is 98.9 cm³/mol. The molecule has 0 fully saturated rings. The van der Waals surface area contributed by atoms with E-state index in [-0.39, 0.29) is 21.3 Å². The lowest BCUT2D eigenvalue weighted by Crippen LogP contribution is -2.14. The number of nitrogens with one attached hydrogen (secondary N) is 2. The summed E-state index contributed by atoms with van der Waals surface area (Å²) in [6.45, 7) is 0. The van der Waals surface area contributed by atoms with Crippen LogP contribution in [0.25, 0.3) is 0 Å². The summed E-state index contributed by atoms with van der Waals surface area (Å²) in [5.41, 5.74) is -1.12. The molecule has 0 saturated carbocycles. The standard InChI is InChI=1S/C17H9Cl3F3N3O/c18-13-3-1-10(5-12(13)17(21,22)23)25-8-9(7-24)16(27)26-11-2-4-14(19)15(20)6-11/h1-6,8,25H,(H,26,27)/b9-8-. The van der Waals surface area contributed by atoms with E-state index in [1.165, 1.54) is 24.3 Å². The maximum Gasteiger partial charge on any atom is 0.417 e. The average Bonchev–Trinajstić information content (AvgIpc) is 2.59. The molecule has 0 radical (unpaired) electrons. The van der Waals surface area contributed by atoms with Gasteiger partial charge in [0.1, 0.15) is 11.6 Å². The number of nitrogens with zero attached hydrogens (tertiary/aromatic N) is 1. The molecule has 0 aliphatic rings. The second-order valence-electron chi connectivity index (χ2n) is 5.09. The Bertz CT molecular complexity index is 953. The van der Waals surface area contributed by atoms with Crippen molar-refractivity contribution in [1.82, 2.24) is 0 Å². The highest BCUT2D eigenvalue weighted by atomic mass is 35.5. The van der Waals surface area contributed by atoms with Crippen molar-refractivity contribution < 1.29 is 18.0 Å². The molecule has 2 rings (SSSR count). The molecule has 1 amide bonds. The van der Waals surface area contributed by atoms with Crippen LogP contribution in [0.1, 0.15) is 5.56 Å². The molecule has 4 nitrogen and oxygen atoms in total. The van der Waals surface area contributed by atoms with Gasteiger partial charge in [-0.1, -0.05) is 34.8 Å². The fraction of sp³-hybridized carbons (Fsp3) is 0.0588. The number of nitriles is 1. The number of halogens is 6. The van der Waals surface area contributed by atoms with Gasteiger partial charge in [-0.2, -0.15) is 18.4 Å². The highest BCUT2D eigenvalue weighted by Gasteiger charge is 2.33. The molecule has 2 N–H and O–H groups in total. The molecule has 2 aromatic carbocycles. The molecule has 0 unspecified atom stereocenters. The molecule has 140 valence electrons. The third kappa shape index (κ3) is 5.54. The van der Waals surface area contributed by atoms with Gasteiger partial charge in [-0.25, -0.2) is 0 Å². The summed E-state index contributed by atoms with van der Waals surface area (Å²) in [6, 6.07) is 9.08. The van der Waals surface area contributed by atoms with Crippen LogP contribution in [0.15, 0.2) is 48.2 Å². The Balaban J connectivity index is 2.17. The van der Waals surface area contributed by atoms with Crippen molar-refractivity contribution in [2.24, 2.45) is 0 Å². The zero-order chi connectivity index (χ0) is 20.2. The van der Waals surface area contributed by atoms with Crippen molar-refractivity contribution in [3.05, 3.63) is 68.8 Å². The van der Waals surface area contributed by atoms with Crippen LogP contribution in [0, 0.1) is 11.3 Å². The molecule has 0 atom stereocenters. The topological polar surface area (TPSA) is 64.9 Å². The summed E-state index contributed by atoms with van der Waals surface area (Å²) in [4.78, 5) is 12.1. The van der Waals surface area contributed by atoms with Crippen LogP contribution in [0.2, 0.25) is 15.1 Å². The molecule has 0 aliphatic heterocycles. The van der Waals surface area contributed by atoms with E-state index in [0.29, 0.717) is 5.69 Å². The van der Waals surface area contributed by atoms with Gasteiger partial charge in [0.25, 0.3) is 5.91 Å². The van der Waals surface area contributed by atoms with Crippen LogP contribution in [0.3, 0.4) is 0 Å². The van der Waals surface area contributed by atoms with E-state index in [2.05, 4.69) is 10.6 Å². The van der Waals surface area contributed by atoms with Gasteiger partial charge in [0.05, 0.1) is 20.6 Å². The minimum Gasteiger partial charge on any atom is -0.360 e. The van der Waals surface area contributed by atoms with Crippen LogP contribution < -0.4 is 10.6 Å². The Morgan fingerprint density at radius 1 is 1.00 bits per heavy atom. The number of hydrogen-bond donors (Lipinski definition) is 2. The van der Waals surface area contributed by atoms with Gasteiger partial charge in [0.15, 0.2) is 0 Å². The molecule has 0 aliphatic carbocycles. The van der Waals surface area contributed by atoms with E-state index in [1.807, 2.05) is 0 Å². The van der Waals surface area contributed by atoms with Crippen molar-refractivity contribution in [3.8, 4) is 6.07 Å². The summed E-state index contributed by atoms with van der Waals surface area (Å²) >= 11 is 17.1. The molecule has 0 bridgehead atoms. The highest BCUT2D eigenvalue weighted by Crippen LogP contribution is 2.36. The first kappa shape index (κ1) is 20.9. The molecule has 0 aromatic heterocycles. The summed E-state index contributed by atoms with van der Waals surface area (Å²) in [7, 11) is 0. The van der Waals surface area contributed by atoms with Crippen molar-refractivity contribution in [3.63, 3.8) is 0 Å². The number of carbonyl (C=O) groups is 1. The zero-order valence-corrected chi connectivity index (χ0v) is 15.4. The fourth-order valence-corrected chi connectivity index (χ4v) is 2.43. The monoisotopic (exact) mass is 433 g/mol. The Morgan fingerprint density at radius 3 is 2.22 bits per heavy atom. The molecule has 0 spiro atoms. The first-order valence-electron chi connectivity index (χ1n) is 7.12. The van der Waals surface area contributed by atoms with Gasteiger partial charge < -0.3 is 10.6 Å². The maximum absolute atomic E-state index is 12.9.